The predicted molar refractivity (Wildman–Crippen MR) is 112 cm³/mol. The highest BCUT2D eigenvalue weighted by molar-refractivity contribution is 6.42. The summed E-state index contributed by atoms with van der Waals surface area (Å²) in [6.45, 7) is 1.09. The Kier molecular flexibility index (Phi) is 5.94. The van der Waals surface area contributed by atoms with Gasteiger partial charge < -0.3 is 4.90 Å². The molecule has 1 aliphatic heterocycles. The first-order valence-electron chi connectivity index (χ1n) is 9.51. The Morgan fingerprint density at radius 2 is 1.77 bits per heavy atom. The van der Waals surface area contributed by atoms with E-state index < -0.39 is 17.7 Å². The van der Waals surface area contributed by atoms with Gasteiger partial charge in [-0.05, 0) is 61.5 Å². The maximum atomic E-state index is 15.6. The molecule has 31 heavy (non-hydrogen) atoms. The largest absolute Gasteiger partial charge is 0.435 e. The summed E-state index contributed by atoms with van der Waals surface area (Å²) in [6, 6.07) is 10.7. The van der Waals surface area contributed by atoms with Crippen LogP contribution in [-0.2, 0) is 12.7 Å². The molecule has 1 aromatic heterocycles. The van der Waals surface area contributed by atoms with Gasteiger partial charge in [-0.25, -0.2) is 4.39 Å². The Labute approximate surface area is 186 Å². The summed E-state index contributed by atoms with van der Waals surface area (Å²) < 4.78 is 53.9. The minimum absolute atomic E-state index is 0.0475. The Morgan fingerprint density at radius 3 is 2.42 bits per heavy atom. The zero-order valence-electron chi connectivity index (χ0n) is 16.3. The maximum Gasteiger partial charge on any atom is 0.435 e. The zero-order valence-corrected chi connectivity index (χ0v) is 17.9. The molecule has 0 fully saturated rings. The standard InChI is InChI=1S/C22H17Cl2F4N3/c1-31-9-8-13(12-2-5-17(23)18(24)10-12)14-3-4-15(21(25)16(14)11-31)19-6-7-20(30-29-19)22(26,27)28/h2-7,10,13H,8-9,11H2,1H3. The van der Waals surface area contributed by atoms with E-state index in [1.807, 2.05) is 18.0 Å². The second kappa shape index (κ2) is 8.37. The first-order chi connectivity index (χ1) is 14.6. The van der Waals surface area contributed by atoms with Gasteiger partial charge in [0.15, 0.2) is 5.69 Å². The van der Waals surface area contributed by atoms with Gasteiger partial charge >= 0.3 is 6.18 Å². The fourth-order valence-corrected chi connectivity index (χ4v) is 4.18. The van der Waals surface area contributed by atoms with Crippen LogP contribution in [0, 0.1) is 5.82 Å². The van der Waals surface area contributed by atoms with E-state index in [0.29, 0.717) is 22.2 Å². The smallest absolute Gasteiger partial charge is 0.302 e. The third kappa shape index (κ3) is 4.40. The SMILES string of the molecule is CN1CCC(c2ccc(Cl)c(Cl)c2)c2ccc(-c3ccc(C(F)(F)F)nn3)c(F)c2C1. The Bertz CT molecular complexity index is 1120. The summed E-state index contributed by atoms with van der Waals surface area (Å²) in [6.07, 6.45) is -3.85. The van der Waals surface area contributed by atoms with Crippen molar-refractivity contribution in [3.63, 3.8) is 0 Å². The van der Waals surface area contributed by atoms with Crippen molar-refractivity contribution in [1.82, 2.24) is 15.1 Å². The van der Waals surface area contributed by atoms with Gasteiger partial charge in [-0.15, -0.1) is 10.2 Å². The third-order valence-electron chi connectivity index (χ3n) is 5.46. The molecule has 1 atom stereocenters. The zero-order chi connectivity index (χ0) is 22.3. The van der Waals surface area contributed by atoms with Crippen molar-refractivity contribution in [1.29, 1.82) is 0 Å². The second-order valence-corrected chi connectivity index (χ2v) is 8.36. The lowest BCUT2D eigenvalue weighted by Gasteiger charge is -2.20. The van der Waals surface area contributed by atoms with Crippen LogP contribution in [0.5, 0.6) is 0 Å². The highest BCUT2D eigenvalue weighted by atomic mass is 35.5. The second-order valence-electron chi connectivity index (χ2n) is 7.55. The minimum atomic E-state index is -4.60. The minimum Gasteiger partial charge on any atom is -0.302 e. The third-order valence-corrected chi connectivity index (χ3v) is 6.20. The number of fused-ring (bicyclic) bond motifs is 1. The lowest BCUT2D eigenvalue weighted by Crippen LogP contribution is -2.18. The highest BCUT2D eigenvalue weighted by Crippen LogP contribution is 2.39. The van der Waals surface area contributed by atoms with Crippen LogP contribution in [0.3, 0.4) is 0 Å². The lowest BCUT2D eigenvalue weighted by molar-refractivity contribution is -0.141. The van der Waals surface area contributed by atoms with Crippen LogP contribution in [-0.4, -0.2) is 28.7 Å². The normalized spacial score (nSPS) is 17.3. The van der Waals surface area contributed by atoms with E-state index in [4.69, 9.17) is 23.2 Å². The van der Waals surface area contributed by atoms with Crippen molar-refractivity contribution in [2.75, 3.05) is 13.6 Å². The van der Waals surface area contributed by atoms with Gasteiger partial charge in [0.25, 0.3) is 0 Å². The molecular formula is C22H17Cl2F4N3. The van der Waals surface area contributed by atoms with Gasteiger partial charge in [-0.1, -0.05) is 35.3 Å². The van der Waals surface area contributed by atoms with Gasteiger partial charge in [0, 0.05) is 23.6 Å². The fraction of sp³-hybridized carbons (Fsp3) is 0.273. The summed E-state index contributed by atoms with van der Waals surface area (Å²) in [5, 5.41) is 7.69. The average Bonchev–Trinajstić information content (AvgIpc) is 2.89. The van der Waals surface area contributed by atoms with Crippen molar-refractivity contribution in [2.45, 2.75) is 25.1 Å². The molecule has 1 aliphatic rings. The quantitative estimate of drug-likeness (QED) is 0.397. The van der Waals surface area contributed by atoms with Gasteiger partial charge in [-0.3, -0.25) is 0 Å². The number of benzene rings is 2. The Morgan fingerprint density at radius 1 is 1.00 bits per heavy atom. The molecule has 0 radical (unpaired) electrons. The maximum absolute atomic E-state index is 15.6. The molecule has 4 rings (SSSR count). The first kappa shape index (κ1) is 22.0. The summed E-state index contributed by atoms with van der Waals surface area (Å²) in [4.78, 5) is 2.00. The number of hydrogen-bond donors (Lipinski definition) is 0. The van der Waals surface area contributed by atoms with Gasteiger partial charge in [0.05, 0.1) is 15.7 Å². The van der Waals surface area contributed by atoms with E-state index >= 15 is 4.39 Å². The number of aromatic nitrogens is 2. The molecule has 162 valence electrons. The molecule has 2 aromatic carbocycles. The van der Waals surface area contributed by atoms with Crippen molar-refractivity contribution in [3.8, 4) is 11.3 Å². The topological polar surface area (TPSA) is 29.0 Å². The Balaban J connectivity index is 1.79. The van der Waals surface area contributed by atoms with Crippen LogP contribution in [0.1, 0.15) is 34.7 Å². The summed E-state index contributed by atoms with van der Waals surface area (Å²) in [7, 11) is 1.89. The number of rotatable bonds is 2. The van der Waals surface area contributed by atoms with E-state index in [2.05, 4.69) is 10.2 Å². The van der Waals surface area contributed by atoms with Crippen LogP contribution in [0.4, 0.5) is 17.6 Å². The molecule has 0 N–H and O–H groups in total. The predicted octanol–water partition coefficient (Wildman–Crippen LogP) is 6.58. The number of hydrogen-bond acceptors (Lipinski definition) is 3. The molecule has 3 aromatic rings. The number of alkyl halides is 3. The first-order valence-corrected chi connectivity index (χ1v) is 10.3. The fourth-order valence-electron chi connectivity index (χ4n) is 3.88. The van der Waals surface area contributed by atoms with Crippen molar-refractivity contribution in [2.24, 2.45) is 0 Å². The molecule has 0 amide bonds. The van der Waals surface area contributed by atoms with Gasteiger partial charge in [0.2, 0.25) is 0 Å². The van der Waals surface area contributed by atoms with E-state index in [1.54, 1.807) is 24.3 Å². The van der Waals surface area contributed by atoms with Crippen molar-refractivity contribution < 1.29 is 17.6 Å². The van der Waals surface area contributed by atoms with E-state index in [-0.39, 0.29) is 17.2 Å². The van der Waals surface area contributed by atoms with Crippen LogP contribution in [0.15, 0.2) is 42.5 Å². The van der Waals surface area contributed by atoms with Crippen LogP contribution >= 0.6 is 23.2 Å². The van der Waals surface area contributed by atoms with Gasteiger partial charge in [-0.2, -0.15) is 13.2 Å². The summed E-state index contributed by atoms with van der Waals surface area (Å²) >= 11 is 12.2. The van der Waals surface area contributed by atoms with Crippen LogP contribution in [0.2, 0.25) is 10.0 Å². The highest BCUT2D eigenvalue weighted by Gasteiger charge is 2.33. The van der Waals surface area contributed by atoms with Crippen molar-refractivity contribution in [3.05, 3.63) is 80.7 Å². The molecule has 0 saturated carbocycles. The molecule has 1 unspecified atom stereocenters. The number of halogens is 6. The molecular weight excluding hydrogens is 453 g/mol. The van der Waals surface area contributed by atoms with Crippen LogP contribution in [0.25, 0.3) is 11.3 Å². The Hall–Kier alpha value is -2.22. The molecule has 2 heterocycles. The van der Waals surface area contributed by atoms with E-state index in [1.165, 1.54) is 0 Å². The molecule has 0 spiro atoms. The van der Waals surface area contributed by atoms with Crippen LogP contribution < -0.4 is 0 Å². The van der Waals surface area contributed by atoms with Gasteiger partial charge in [0.1, 0.15) is 5.82 Å². The molecule has 0 aliphatic carbocycles. The molecule has 9 heteroatoms. The van der Waals surface area contributed by atoms with E-state index in [9.17, 15) is 13.2 Å². The monoisotopic (exact) mass is 469 g/mol. The molecule has 0 saturated heterocycles. The average molecular weight is 470 g/mol. The summed E-state index contributed by atoms with van der Waals surface area (Å²) in [5.41, 5.74) is 1.26. The van der Waals surface area contributed by atoms with E-state index in [0.717, 1.165) is 36.2 Å². The lowest BCUT2D eigenvalue weighted by atomic mass is 9.85. The van der Waals surface area contributed by atoms with Crippen molar-refractivity contribution >= 4 is 23.2 Å². The molecule has 3 nitrogen and oxygen atoms in total. The number of nitrogens with zero attached hydrogens (tertiary/aromatic N) is 3. The summed E-state index contributed by atoms with van der Waals surface area (Å²) in [5.74, 6) is -0.609. The molecule has 0 bridgehead atoms.